The summed E-state index contributed by atoms with van der Waals surface area (Å²) in [6, 6.07) is 7.54. The molecular formula is C21H18BrF2N3OS. The van der Waals surface area contributed by atoms with Crippen molar-refractivity contribution in [3.8, 4) is 0 Å². The fourth-order valence-electron chi connectivity index (χ4n) is 3.60. The van der Waals surface area contributed by atoms with Crippen LogP contribution in [0.4, 0.5) is 8.78 Å². The number of hydrogen-bond acceptors (Lipinski definition) is 4. The van der Waals surface area contributed by atoms with Crippen molar-refractivity contribution in [2.45, 2.75) is 24.1 Å². The first-order chi connectivity index (χ1) is 13.8. The van der Waals surface area contributed by atoms with E-state index in [4.69, 9.17) is 0 Å². The van der Waals surface area contributed by atoms with E-state index in [0.717, 1.165) is 10.9 Å². The van der Waals surface area contributed by atoms with E-state index in [0.29, 0.717) is 10.6 Å². The lowest BCUT2D eigenvalue weighted by molar-refractivity contribution is -0.121. The third-order valence-electron chi connectivity index (χ3n) is 5.24. The highest BCUT2D eigenvalue weighted by molar-refractivity contribution is 9.10. The molecule has 1 aliphatic carbocycles. The van der Waals surface area contributed by atoms with Gasteiger partial charge in [-0.3, -0.25) is 14.8 Å². The van der Waals surface area contributed by atoms with Crippen LogP contribution in [0.25, 0.3) is 11.9 Å². The molecule has 1 aromatic heterocycles. The highest BCUT2D eigenvalue weighted by Crippen LogP contribution is 2.60. The molecule has 0 spiro atoms. The van der Waals surface area contributed by atoms with Crippen molar-refractivity contribution in [1.29, 1.82) is 0 Å². The van der Waals surface area contributed by atoms with Gasteiger partial charge in [0.05, 0.1) is 11.7 Å². The van der Waals surface area contributed by atoms with Gasteiger partial charge in [0.1, 0.15) is 21.4 Å². The number of nitrogens with zero attached hydrogens (tertiary/aromatic N) is 2. The van der Waals surface area contributed by atoms with E-state index in [-0.39, 0.29) is 29.1 Å². The van der Waals surface area contributed by atoms with E-state index in [2.05, 4.69) is 31.2 Å². The first-order valence-corrected chi connectivity index (χ1v) is 10.7. The van der Waals surface area contributed by atoms with Gasteiger partial charge in [-0.1, -0.05) is 17.8 Å². The molecule has 4 nitrogen and oxygen atoms in total. The third-order valence-corrected chi connectivity index (χ3v) is 7.25. The lowest BCUT2D eigenvalue weighted by Crippen LogP contribution is -2.37. The van der Waals surface area contributed by atoms with E-state index in [9.17, 15) is 13.6 Å². The predicted octanol–water partition coefficient (Wildman–Crippen LogP) is 4.84. The highest BCUT2D eigenvalue weighted by Gasteiger charge is 2.65. The summed E-state index contributed by atoms with van der Waals surface area (Å²) in [5, 5.41) is 3.18. The van der Waals surface area contributed by atoms with Crippen molar-refractivity contribution in [2.24, 2.45) is 10.9 Å². The maximum Gasteiger partial charge on any atom is 0.236 e. The smallest absolute Gasteiger partial charge is 0.236 e. The Labute approximate surface area is 180 Å². The molecule has 1 amide bonds. The Morgan fingerprint density at radius 2 is 2.17 bits per heavy atom. The van der Waals surface area contributed by atoms with E-state index < -0.39 is 16.4 Å². The largest absolute Gasteiger partial charge is 0.358 e. The molecule has 0 saturated heterocycles. The van der Waals surface area contributed by atoms with Crippen molar-refractivity contribution in [3.63, 3.8) is 0 Å². The summed E-state index contributed by atoms with van der Waals surface area (Å²) in [5.74, 6) is -0.876. The Bertz CT molecular complexity index is 1040. The molecule has 0 radical (unpaired) electrons. The Balaban J connectivity index is 1.66. The van der Waals surface area contributed by atoms with Crippen molar-refractivity contribution in [2.75, 3.05) is 7.05 Å². The number of amides is 1. The van der Waals surface area contributed by atoms with Crippen LogP contribution in [-0.4, -0.2) is 33.8 Å². The molecule has 1 N–H and O–H groups in total. The zero-order chi connectivity index (χ0) is 20.8. The van der Waals surface area contributed by atoms with Crippen LogP contribution >= 0.6 is 27.7 Å². The van der Waals surface area contributed by atoms with Gasteiger partial charge < -0.3 is 5.32 Å². The van der Waals surface area contributed by atoms with Gasteiger partial charge in [-0.25, -0.2) is 8.78 Å². The first-order valence-electron chi connectivity index (χ1n) is 9.12. The number of hydrogen-bond donors (Lipinski definition) is 1. The number of benzene rings is 1. The minimum absolute atomic E-state index is 0.0597. The monoisotopic (exact) mass is 477 g/mol. The zero-order valence-electron chi connectivity index (χ0n) is 15.7. The zero-order valence-corrected chi connectivity index (χ0v) is 18.2. The molecule has 1 fully saturated rings. The molecule has 150 valence electrons. The average Bonchev–Trinajstić information content (AvgIpc) is 3.46. The number of fused-ring (bicyclic) bond motifs is 1. The number of pyridine rings is 1. The van der Waals surface area contributed by atoms with Gasteiger partial charge in [-0.15, -0.1) is 0 Å². The topological polar surface area (TPSA) is 54.4 Å². The summed E-state index contributed by atoms with van der Waals surface area (Å²) in [6.45, 7) is 1.94. The molecule has 4 rings (SSSR count). The van der Waals surface area contributed by atoms with E-state index in [1.165, 1.54) is 36.2 Å². The average molecular weight is 478 g/mol. The van der Waals surface area contributed by atoms with E-state index >= 15 is 0 Å². The summed E-state index contributed by atoms with van der Waals surface area (Å²) in [4.78, 5) is 21.0. The number of halogens is 3. The van der Waals surface area contributed by atoms with Gasteiger partial charge in [0.25, 0.3) is 0 Å². The van der Waals surface area contributed by atoms with Crippen LogP contribution in [0.3, 0.4) is 0 Å². The maximum absolute atomic E-state index is 14.6. The number of carbonyl (C=O) groups is 1. The Morgan fingerprint density at radius 1 is 1.38 bits per heavy atom. The normalized spacial score (nSPS) is 25.8. The Kier molecular flexibility index (Phi) is 5.33. The van der Waals surface area contributed by atoms with E-state index in [1.54, 1.807) is 25.2 Å². The number of aromatic nitrogens is 1. The van der Waals surface area contributed by atoms with Crippen LogP contribution in [0.2, 0.25) is 0 Å². The Morgan fingerprint density at radius 3 is 2.86 bits per heavy atom. The molecule has 1 aliphatic heterocycles. The van der Waals surface area contributed by atoms with Crippen molar-refractivity contribution >= 4 is 50.5 Å². The summed E-state index contributed by atoms with van der Waals surface area (Å²) < 4.78 is 29.3. The molecule has 1 aromatic carbocycles. The second-order valence-corrected chi connectivity index (χ2v) is 9.38. The van der Waals surface area contributed by atoms with Crippen LogP contribution in [-0.2, 0) is 4.79 Å². The molecule has 2 heterocycles. The van der Waals surface area contributed by atoms with Gasteiger partial charge >= 0.3 is 0 Å². The molecule has 29 heavy (non-hydrogen) atoms. The van der Waals surface area contributed by atoms with Gasteiger partial charge in [-0.2, -0.15) is 0 Å². The van der Waals surface area contributed by atoms with Crippen molar-refractivity contribution in [3.05, 3.63) is 63.6 Å². The quantitative estimate of drug-likeness (QED) is 0.685. The lowest BCUT2D eigenvalue weighted by atomic mass is 10.1. The fourth-order valence-corrected chi connectivity index (χ4v) is 5.47. The molecule has 2 aliphatic rings. The minimum atomic E-state index is -0.587. The second kappa shape index (κ2) is 7.65. The minimum Gasteiger partial charge on any atom is -0.358 e. The molecular weight excluding hydrogens is 460 g/mol. The summed E-state index contributed by atoms with van der Waals surface area (Å²) in [5.41, 5.74) is 0.962. The van der Waals surface area contributed by atoms with Crippen LogP contribution in [0.5, 0.6) is 0 Å². The van der Waals surface area contributed by atoms with Crippen LogP contribution in [0.1, 0.15) is 30.2 Å². The van der Waals surface area contributed by atoms with Crippen LogP contribution in [0.15, 0.2) is 46.0 Å². The summed E-state index contributed by atoms with van der Waals surface area (Å²) >= 11 is 4.57. The predicted molar refractivity (Wildman–Crippen MR) is 116 cm³/mol. The van der Waals surface area contributed by atoms with Crippen molar-refractivity contribution in [1.82, 2.24) is 10.3 Å². The number of carbonyl (C=O) groups excluding carboxylic acids is 1. The molecule has 2 aromatic rings. The van der Waals surface area contributed by atoms with Gasteiger partial charge in [0.2, 0.25) is 5.91 Å². The maximum atomic E-state index is 14.6. The van der Waals surface area contributed by atoms with Gasteiger partial charge in [0.15, 0.2) is 0 Å². The van der Waals surface area contributed by atoms with E-state index in [1.807, 2.05) is 6.92 Å². The number of aliphatic imine (C=N–C) groups is 1. The molecule has 3 atom stereocenters. The van der Waals surface area contributed by atoms with Crippen LogP contribution < -0.4 is 5.32 Å². The van der Waals surface area contributed by atoms with Gasteiger partial charge in [0, 0.05) is 29.2 Å². The van der Waals surface area contributed by atoms with Crippen LogP contribution in [0, 0.1) is 11.7 Å². The lowest BCUT2D eigenvalue weighted by Gasteiger charge is -2.24. The van der Waals surface area contributed by atoms with Gasteiger partial charge in [-0.05, 0) is 65.2 Å². The second-order valence-electron chi connectivity index (χ2n) is 7.15. The first kappa shape index (κ1) is 20.2. The standard InChI is InChI=1S/C21H18BrF2N3OS/c1-11-15-9-21(15,20(28)25-2)29-19(27-11)14-7-12(3-5-16(14)23)8-17(24)18-6-4-13(22)10-26-18/h3-8,10-11,15H,9H2,1-2H3,(H,25,28). The number of rotatable bonds is 4. The van der Waals surface area contributed by atoms with Crippen molar-refractivity contribution < 1.29 is 13.6 Å². The third kappa shape index (κ3) is 3.75. The molecule has 0 bridgehead atoms. The molecule has 1 saturated carbocycles. The highest BCUT2D eigenvalue weighted by atomic mass is 79.9. The Hall–Kier alpha value is -2.06. The molecule has 8 heteroatoms. The number of thioether (sulfide) groups is 1. The molecule has 3 unspecified atom stereocenters. The fraction of sp³-hybridized carbons (Fsp3) is 0.286. The number of nitrogens with one attached hydrogen (secondary N) is 1. The summed E-state index contributed by atoms with van der Waals surface area (Å²) in [7, 11) is 1.61. The SMILES string of the molecule is CNC(=O)C12CC1C(C)N=C(c1cc(C=C(F)c3ccc(Br)cn3)ccc1F)S2. The summed E-state index contributed by atoms with van der Waals surface area (Å²) in [6.07, 6.45) is 3.54.